The maximum atomic E-state index is 11.9. The van der Waals surface area contributed by atoms with Crippen LogP contribution in [-0.2, 0) is 11.4 Å². The third-order valence-corrected chi connectivity index (χ3v) is 5.20. The van der Waals surface area contributed by atoms with Gasteiger partial charge in [-0.05, 0) is 42.3 Å². The maximum absolute atomic E-state index is 11.9. The summed E-state index contributed by atoms with van der Waals surface area (Å²) >= 11 is 9.75. The molecule has 0 aliphatic carbocycles. The molecule has 1 saturated heterocycles. The third-order valence-electron chi connectivity index (χ3n) is 3.54. The maximum Gasteiger partial charge on any atom is 0.263 e. The lowest BCUT2D eigenvalue weighted by atomic mass is 10.1. The van der Waals surface area contributed by atoms with Gasteiger partial charge in [-0.25, -0.2) is 0 Å². The van der Waals surface area contributed by atoms with E-state index in [0.717, 1.165) is 21.3 Å². The summed E-state index contributed by atoms with van der Waals surface area (Å²) in [4.78, 5) is 12.4. The number of hydrogen-bond donors (Lipinski definition) is 1. The van der Waals surface area contributed by atoms with Crippen LogP contribution >= 0.6 is 39.9 Å². The molecule has 1 aliphatic rings. The largest absolute Gasteiger partial charge is 0.488 e. The average Bonchev–Trinajstić information content (AvgIpc) is 2.85. The molecule has 2 aromatic rings. The van der Waals surface area contributed by atoms with Gasteiger partial charge in [0, 0.05) is 10.0 Å². The van der Waals surface area contributed by atoms with Crippen molar-refractivity contribution in [1.29, 1.82) is 0 Å². The predicted octanol–water partition coefficient (Wildman–Crippen LogP) is 4.83. The van der Waals surface area contributed by atoms with Gasteiger partial charge < -0.3 is 10.1 Å². The summed E-state index contributed by atoms with van der Waals surface area (Å²) in [5.41, 5.74) is 3.15. The molecule has 1 aliphatic heterocycles. The number of halogens is 1. The van der Waals surface area contributed by atoms with Crippen molar-refractivity contribution in [2.24, 2.45) is 0 Å². The molecule has 0 radical (unpaired) electrons. The first-order chi connectivity index (χ1) is 11.5. The van der Waals surface area contributed by atoms with Crippen LogP contribution < -0.4 is 10.1 Å². The van der Waals surface area contributed by atoms with Crippen LogP contribution in [0.2, 0.25) is 0 Å². The van der Waals surface area contributed by atoms with E-state index in [4.69, 9.17) is 17.0 Å². The number of aryl methyl sites for hydroxylation is 1. The fourth-order valence-electron chi connectivity index (χ4n) is 2.25. The zero-order valence-corrected chi connectivity index (χ0v) is 16.1. The number of amides is 1. The summed E-state index contributed by atoms with van der Waals surface area (Å²) in [6.45, 7) is 2.53. The van der Waals surface area contributed by atoms with E-state index in [1.54, 1.807) is 6.08 Å². The van der Waals surface area contributed by atoms with Crippen molar-refractivity contribution in [3.05, 3.63) is 68.5 Å². The van der Waals surface area contributed by atoms with E-state index in [9.17, 15) is 4.79 Å². The SMILES string of the molecule is Cc1ccccc1COc1ccc(Br)cc1/C=C1/SC(=S)NC1=O. The summed E-state index contributed by atoms with van der Waals surface area (Å²) in [6.07, 6.45) is 1.80. The number of nitrogens with one attached hydrogen (secondary N) is 1. The van der Waals surface area contributed by atoms with E-state index in [-0.39, 0.29) is 5.91 Å². The number of thioether (sulfide) groups is 1. The van der Waals surface area contributed by atoms with Gasteiger partial charge in [-0.1, -0.05) is 64.2 Å². The molecule has 1 fully saturated rings. The van der Waals surface area contributed by atoms with Crippen LogP contribution in [0.15, 0.2) is 51.8 Å². The van der Waals surface area contributed by atoms with Gasteiger partial charge in [0.2, 0.25) is 0 Å². The minimum atomic E-state index is -0.171. The van der Waals surface area contributed by atoms with Crippen LogP contribution in [0.1, 0.15) is 16.7 Å². The van der Waals surface area contributed by atoms with E-state index in [2.05, 4.69) is 34.2 Å². The Balaban J connectivity index is 1.86. The molecule has 0 saturated carbocycles. The summed E-state index contributed by atoms with van der Waals surface area (Å²) in [7, 11) is 0. The van der Waals surface area contributed by atoms with Gasteiger partial charge in [-0.2, -0.15) is 0 Å². The molecule has 3 nitrogen and oxygen atoms in total. The molecule has 2 aromatic carbocycles. The molecule has 122 valence electrons. The zero-order valence-electron chi connectivity index (χ0n) is 12.8. The Hall–Kier alpha value is -1.63. The number of carbonyl (C=O) groups is 1. The fraction of sp³-hybridized carbons (Fsp3) is 0.111. The minimum Gasteiger partial charge on any atom is -0.488 e. The number of hydrogen-bond acceptors (Lipinski definition) is 4. The highest BCUT2D eigenvalue weighted by atomic mass is 79.9. The van der Waals surface area contributed by atoms with Gasteiger partial charge in [0.25, 0.3) is 5.91 Å². The summed E-state index contributed by atoms with van der Waals surface area (Å²) in [5, 5.41) is 2.62. The molecule has 0 unspecified atom stereocenters. The van der Waals surface area contributed by atoms with Gasteiger partial charge in [-0.3, -0.25) is 4.79 Å². The van der Waals surface area contributed by atoms with Gasteiger partial charge in [0.05, 0.1) is 4.91 Å². The lowest BCUT2D eigenvalue weighted by Gasteiger charge is -2.11. The van der Waals surface area contributed by atoms with E-state index in [0.29, 0.717) is 15.8 Å². The van der Waals surface area contributed by atoms with E-state index < -0.39 is 0 Å². The van der Waals surface area contributed by atoms with Crippen LogP contribution in [0.25, 0.3) is 6.08 Å². The number of rotatable bonds is 4. The highest BCUT2D eigenvalue weighted by Gasteiger charge is 2.22. The molecule has 1 N–H and O–H groups in total. The van der Waals surface area contributed by atoms with Crippen molar-refractivity contribution >= 4 is 56.2 Å². The second-order valence-corrected chi connectivity index (χ2v) is 7.88. The molecule has 0 spiro atoms. The van der Waals surface area contributed by atoms with E-state index >= 15 is 0 Å². The number of ether oxygens (including phenoxy) is 1. The highest BCUT2D eigenvalue weighted by Crippen LogP contribution is 2.31. The Bertz CT molecular complexity index is 849. The normalized spacial score (nSPS) is 15.7. The van der Waals surface area contributed by atoms with Gasteiger partial charge in [0.15, 0.2) is 0 Å². The molecular formula is C18H14BrNO2S2. The third kappa shape index (κ3) is 4.06. The zero-order chi connectivity index (χ0) is 17.1. The smallest absolute Gasteiger partial charge is 0.263 e. The molecule has 1 amide bonds. The number of carbonyl (C=O) groups excluding carboxylic acids is 1. The molecule has 0 atom stereocenters. The minimum absolute atomic E-state index is 0.171. The van der Waals surface area contributed by atoms with Gasteiger partial charge in [0.1, 0.15) is 16.7 Å². The Kier molecular flexibility index (Phi) is 5.38. The van der Waals surface area contributed by atoms with Crippen LogP contribution in [0.3, 0.4) is 0 Å². The first kappa shape index (κ1) is 17.2. The quantitative estimate of drug-likeness (QED) is 0.568. The molecule has 0 aromatic heterocycles. The predicted molar refractivity (Wildman–Crippen MR) is 106 cm³/mol. The molecular weight excluding hydrogens is 406 g/mol. The summed E-state index contributed by atoms with van der Waals surface area (Å²) in [5.74, 6) is 0.551. The van der Waals surface area contributed by atoms with Crippen LogP contribution in [0.4, 0.5) is 0 Å². The van der Waals surface area contributed by atoms with Crippen molar-refractivity contribution in [2.45, 2.75) is 13.5 Å². The Morgan fingerprint density at radius 1 is 1.29 bits per heavy atom. The van der Waals surface area contributed by atoms with Gasteiger partial charge in [-0.15, -0.1) is 0 Å². The van der Waals surface area contributed by atoms with Crippen molar-refractivity contribution in [1.82, 2.24) is 5.32 Å². The standard InChI is InChI=1S/C18H14BrNO2S2/c1-11-4-2-3-5-12(11)10-22-15-7-6-14(19)8-13(15)9-16-17(21)20-18(23)24-16/h2-9H,10H2,1H3,(H,20,21,23)/b16-9+. The Morgan fingerprint density at radius 3 is 2.79 bits per heavy atom. The average molecular weight is 420 g/mol. The second-order valence-electron chi connectivity index (χ2n) is 5.25. The van der Waals surface area contributed by atoms with Crippen molar-refractivity contribution in [3.63, 3.8) is 0 Å². The number of benzene rings is 2. The van der Waals surface area contributed by atoms with Crippen molar-refractivity contribution < 1.29 is 9.53 Å². The van der Waals surface area contributed by atoms with Crippen molar-refractivity contribution in [2.75, 3.05) is 0 Å². The molecule has 1 heterocycles. The van der Waals surface area contributed by atoms with Gasteiger partial charge >= 0.3 is 0 Å². The van der Waals surface area contributed by atoms with Crippen LogP contribution in [0, 0.1) is 6.92 Å². The molecule has 3 rings (SSSR count). The topological polar surface area (TPSA) is 38.3 Å². The highest BCUT2D eigenvalue weighted by molar-refractivity contribution is 9.10. The Labute approximate surface area is 158 Å². The van der Waals surface area contributed by atoms with E-state index in [1.807, 2.05) is 36.4 Å². The molecule has 0 bridgehead atoms. The second kappa shape index (κ2) is 7.51. The molecule has 24 heavy (non-hydrogen) atoms. The first-order valence-corrected chi connectivity index (χ1v) is 9.26. The summed E-state index contributed by atoms with van der Waals surface area (Å²) in [6, 6.07) is 13.8. The monoisotopic (exact) mass is 419 g/mol. The van der Waals surface area contributed by atoms with Crippen LogP contribution in [-0.4, -0.2) is 10.2 Å². The lowest BCUT2D eigenvalue weighted by Crippen LogP contribution is -2.17. The fourth-order valence-corrected chi connectivity index (χ4v) is 3.67. The lowest BCUT2D eigenvalue weighted by molar-refractivity contribution is -0.115. The first-order valence-electron chi connectivity index (χ1n) is 7.24. The van der Waals surface area contributed by atoms with Crippen LogP contribution in [0.5, 0.6) is 5.75 Å². The number of thiocarbonyl (C=S) groups is 1. The summed E-state index contributed by atoms with van der Waals surface area (Å²) < 4.78 is 7.39. The van der Waals surface area contributed by atoms with Crippen molar-refractivity contribution in [3.8, 4) is 5.75 Å². The van der Waals surface area contributed by atoms with E-state index in [1.165, 1.54) is 17.3 Å². The molecule has 6 heteroatoms. The Morgan fingerprint density at radius 2 is 2.08 bits per heavy atom.